The second-order valence-corrected chi connectivity index (χ2v) is 11.1. The molecule has 1 aliphatic heterocycles. The van der Waals surface area contributed by atoms with Crippen molar-refractivity contribution < 1.29 is 31.8 Å². The van der Waals surface area contributed by atoms with E-state index in [2.05, 4.69) is 5.32 Å². The number of sulfone groups is 1. The summed E-state index contributed by atoms with van der Waals surface area (Å²) in [5.41, 5.74) is 2.42. The number of amides is 1. The molecule has 1 heterocycles. The minimum Gasteiger partial charge on any atom is -0.495 e. The first-order valence-electron chi connectivity index (χ1n) is 12.1. The van der Waals surface area contributed by atoms with Crippen molar-refractivity contribution in [3.05, 3.63) is 83.2 Å². The number of carbonyl (C=O) groups is 1. The lowest BCUT2D eigenvalue weighted by Crippen LogP contribution is -2.32. The molecule has 0 bridgehead atoms. The van der Waals surface area contributed by atoms with E-state index in [-0.39, 0.29) is 34.5 Å². The molecule has 2 unspecified atom stereocenters. The Bertz CT molecular complexity index is 1430. The summed E-state index contributed by atoms with van der Waals surface area (Å²) in [5, 5.41) is 2.66. The largest absolute Gasteiger partial charge is 0.495 e. The van der Waals surface area contributed by atoms with Crippen LogP contribution in [0, 0.1) is 19.7 Å². The van der Waals surface area contributed by atoms with Gasteiger partial charge in [-0.3, -0.25) is 4.79 Å². The number of hydrogen-bond donors (Lipinski definition) is 1. The second kappa shape index (κ2) is 11.4. The Morgan fingerprint density at radius 1 is 1.00 bits per heavy atom. The number of benzene rings is 3. The number of carbonyl (C=O) groups excluding carboxylic acids is 1. The highest BCUT2D eigenvalue weighted by molar-refractivity contribution is 7.91. The number of hydrogen-bond acceptors (Lipinski definition) is 7. The average Bonchev–Trinajstić information content (AvgIpc) is 3.33. The van der Waals surface area contributed by atoms with Crippen LogP contribution in [0.2, 0.25) is 0 Å². The summed E-state index contributed by atoms with van der Waals surface area (Å²) in [5.74, 6) is -1.29. The molecule has 4 rings (SSSR count). The van der Waals surface area contributed by atoms with Crippen LogP contribution in [0.3, 0.4) is 0 Å². The third-order valence-corrected chi connectivity index (χ3v) is 8.06. The highest BCUT2D eigenvalue weighted by atomic mass is 32.2. The highest BCUT2D eigenvalue weighted by Gasteiger charge is 2.38. The lowest BCUT2D eigenvalue weighted by Gasteiger charge is -2.20. The van der Waals surface area contributed by atoms with E-state index < -0.39 is 33.7 Å². The Balaban J connectivity index is 1.48. The molecule has 202 valence electrons. The van der Waals surface area contributed by atoms with Crippen molar-refractivity contribution in [3.63, 3.8) is 0 Å². The maximum absolute atomic E-state index is 15.4. The molecule has 1 amide bonds. The average molecular weight is 543 g/mol. The second-order valence-electron chi connectivity index (χ2n) is 9.16. The normalized spacial score (nSPS) is 17.3. The summed E-state index contributed by atoms with van der Waals surface area (Å²) >= 11 is 0. The first-order valence-corrected chi connectivity index (χ1v) is 13.7. The Morgan fingerprint density at radius 3 is 2.45 bits per heavy atom. The number of methoxy groups -OCH3 is 2. The molecular weight excluding hydrogens is 511 g/mol. The van der Waals surface area contributed by atoms with Gasteiger partial charge in [-0.25, -0.2) is 12.8 Å². The number of rotatable bonds is 9. The lowest BCUT2D eigenvalue weighted by atomic mass is 10.0. The highest BCUT2D eigenvalue weighted by Crippen LogP contribution is 2.30. The van der Waals surface area contributed by atoms with Crippen molar-refractivity contribution in [2.24, 2.45) is 0 Å². The SMILES string of the molecule is COc1ccccc1S(=O)(=O)CNc1cccc(OC2CN(C(=O)c3cc(C)ccc3C)CC2OC)c1F. The van der Waals surface area contributed by atoms with Gasteiger partial charge in [0, 0.05) is 12.7 Å². The van der Waals surface area contributed by atoms with Crippen LogP contribution in [-0.2, 0) is 14.6 Å². The molecule has 0 radical (unpaired) electrons. The summed E-state index contributed by atoms with van der Waals surface area (Å²) in [4.78, 5) is 14.9. The van der Waals surface area contributed by atoms with E-state index in [9.17, 15) is 13.2 Å². The van der Waals surface area contributed by atoms with Crippen LogP contribution >= 0.6 is 0 Å². The maximum Gasteiger partial charge on any atom is 0.254 e. The topological polar surface area (TPSA) is 94.2 Å². The number of para-hydroxylation sites is 1. The number of anilines is 1. The quantitative estimate of drug-likeness (QED) is 0.433. The van der Waals surface area contributed by atoms with E-state index >= 15 is 4.39 Å². The fraction of sp³-hybridized carbons (Fsp3) is 0.321. The van der Waals surface area contributed by atoms with Gasteiger partial charge in [0.1, 0.15) is 28.7 Å². The molecule has 8 nitrogen and oxygen atoms in total. The lowest BCUT2D eigenvalue weighted by molar-refractivity contribution is 0.0323. The number of likely N-dealkylation sites (tertiary alicyclic amines) is 1. The zero-order valence-electron chi connectivity index (χ0n) is 21.7. The molecule has 0 spiro atoms. The van der Waals surface area contributed by atoms with E-state index in [0.29, 0.717) is 12.1 Å². The summed E-state index contributed by atoms with van der Waals surface area (Å²) in [7, 11) is -0.921. The molecule has 1 saturated heterocycles. The fourth-order valence-corrected chi connectivity index (χ4v) is 5.66. The van der Waals surface area contributed by atoms with Gasteiger partial charge in [0.25, 0.3) is 5.91 Å². The first-order chi connectivity index (χ1) is 18.1. The van der Waals surface area contributed by atoms with Crippen molar-refractivity contribution >= 4 is 21.4 Å². The number of halogens is 1. The maximum atomic E-state index is 15.4. The third-order valence-electron chi connectivity index (χ3n) is 6.53. The van der Waals surface area contributed by atoms with Gasteiger partial charge in [-0.1, -0.05) is 35.9 Å². The van der Waals surface area contributed by atoms with E-state index in [1.165, 1.54) is 32.4 Å². The van der Waals surface area contributed by atoms with E-state index in [0.717, 1.165) is 11.1 Å². The van der Waals surface area contributed by atoms with Gasteiger partial charge < -0.3 is 24.4 Å². The number of aryl methyl sites for hydroxylation is 2. The molecule has 0 aromatic heterocycles. The van der Waals surface area contributed by atoms with Crippen LogP contribution in [0.25, 0.3) is 0 Å². The van der Waals surface area contributed by atoms with Crippen LogP contribution in [0.4, 0.5) is 10.1 Å². The smallest absolute Gasteiger partial charge is 0.254 e. The fourth-order valence-electron chi connectivity index (χ4n) is 4.41. The van der Waals surface area contributed by atoms with Crippen LogP contribution in [-0.4, -0.2) is 64.6 Å². The van der Waals surface area contributed by atoms with Gasteiger partial charge in [0.15, 0.2) is 21.4 Å². The molecule has 3 aromatic rings. The van der Waals surface area contributed by atoms with Gasteiger partial charge in [-0.2, -0.15) is 0 Å². The molecule has 10 heteroatoms. The van der Waals surface area contributed by atoms with E-state index in [4.69, 9.17) is 14.2 Å². The van der Waals surface area contributed by atoms with Gasteiger partial charge in [0.05, 0.1) is 25.9 Å². The summed E-state index contributed by atoms with van der Waals surface area (Å²) in [6.45, 7) is 4.32. The summed E-state index contributed by atoms with van der Waals surface area (Å²) < 4.78 is 57.7. The molecule has 0 saturated carbocycles. The molecule has 38 heavy (non-hydrogen) atoms. The summed E-state index contributed by atoms with van der Waals surface area (Å²) in [6.07, 6.45) is -1.08. The van der Waals surface area contributed by atoms with Crippen LogP contribution in [0.1, 0.15) is 21.5 Å². The molecule has 0 aliphatic carbocycles. The van der Waals surface area contributed by atoms with Gasteiger partial charge in [-0.05, 0) is 49.7 Å². The molecule has 2 atom stereocenters. The van der Waals surface area contributed by atoms with Crippen molar-refractivity contribution in [2.45, 2.75) is 31.0 Å². The summed E-state index contributed by atoms with van der Waals surface area (Å²) in [6, 6.07) is 16.4. The number of ether oxygens (including phenoxy) is 3. The minimum absolute atomic E-state index is 0.00492. The van der Waals surface area contributed by atoms with Crippen molar-refractivity contribution in [2.75, 3.05) is 38.5 Å². The molecule has 1 fully saturated rings. The van der Waals surface area contributed by atoms with Crippen LogP contribution in [0.15, 0.2) is 65.6 Å². The molecule has 3 aromatic carbocycles. The Kier molecular flexibility index (Phi) is 8.23. The molecule has 1 aliphatic rings. The predicted octanol–water partition coefficient (Wildman–Crippen LogP) is 4.21. The van der Waals surface area contributed by atoms with Crippen molar-refractivity contribution in [1.82, 2.24) is 4.90 Å². The Hall–Kier alpha value is -3.63. The Labute approximate surface area is 222 Å². The Morgan fingerprint density at radius 2 is 1.71 bits per heavy atom. The van der Waals surface area contributed by atoms with Crippen molar-refractivity contribution in [3.8, 4) is 11.5 Å². The molecule has 1 N–H and O–H groups in total. The van der Waals surface area contributed by atoms with Crippen LogP contribution < -0.4 is 14.8 Å². The monoisotopic (exact) mass is 542 g/mol. The van der Waals surface area contributed by atoms with Gasteiger partial charge >= 0.3 is 0 Å². The standard InChI is InChI=1S/C28H31FN2O6S/c1-18-12-13-19(2)20(14-18)28(32)31-15-24(36-4)25(16-31)37-23-10-7-8-21(27(23)29)30-17-38(33,34)26-11-6-5-9-22(26)35-3/h5-14,24-25,30H,15-17H2,1-4H3. The first kappa shape index (κ1) is 27.4. The minimum atomic E-state index is -3.82. The van der Waals surface area contributed by atoms with E-state index in [1.54, 1.807) is 29.2 Å². The van der Waals surface area contributed by atoms with Gasteiger partial charge in [-0.15, -0.1) is 0 Å². The predicted molar refractivity (Wildman–Crippen MR) is 142 cm³/mol. The third kappa shape index (κ3) is 5.76. The molecular formula is C28H31FN2O6S. The van der Waals surface area contributed by atoms with Gasteiger partial charge in [0.2, 0.25) is 0 Å². The van der Waals surface area contributed by atoms with E-state index in [1.807, 2.05) is 32.0 Å². The number of nitrogens with zero attached hydrogens (tertiary/aromatic N) is 1. The van der Waals surface area contributed by atoms with Crippen LogP contribution in [0.5, 0.6) is 11.5 Å². The van der Waals surface area contributed by atoms with Crippen molar-refractivity contribution in [1.29, 1.82) is 0 Å². The number of nitrogens with one attached hydrogen (secondary N) is 1. The zero-order valence-corrected chi connectivity index (χ0v) is 22.5. The zero-order chi connectivity index (χ0) is 27.4.